The van der Waals surface area contributed by atoms with E-state index in [-0.39, 0.29) is 11.3 Å². The van der Waals surface area contributed by atoms with E-state index in [1.807, 2.05) is 0 Å². The van der Waals surface area contributed by atoms with Crippen LogP contribution in [0.15, 0.2) is 28.9 Å². The highest BCUT2D eigenvalue weighted by atomic mass is 16.5. The lowest BCUT2D eigenvalue weighted by Gasteiger charge is -2.08. The second-order valence-corrected chi connectivity index (χ2v) is 4.13. The Balaban J connectivity index is 2.28. The van der Waals surface area contributed by atoms with Gasteiger partial charge >= 0.3 is 5.97 Å². The lowest BCUT2D eigenvalue weighted by atomic mass is 10.1. The summed E-state index contributed by atoms with van der Waals surface area (Å²) in [6, 6.07) is 4.51. The molecule has 0 fully saturated rings. The summed E-state index contributed by atoms with van der Waals surface area (Å²) in [5.74, 6) is -1.40. The van der Waals surface area contributed by atoms with E-state index in [9.17, 15) is 9.59 Å². The van der Waals surface area contributed by atoms with Crippen molar-refractivity contribution >= 4 is 17.6 Å². The molecule has 0 bridgehead atoms. The van der Waals surface area contributed by atoms with Crippen molar-refractivity contribution < 1.29 is 19.2 Å². The Hall–Kier alpha value is -2.63. The van der Waals surface area contributed by atoms with E-state index in [1.54, 1.807) is 19.9 Å². The first-order valence-electron chi connectivity index (χ1n) is 5.55. The molecule has 19 heavy (non-hydrogen) atoms. The lowest BCUT2D eigenvalue weighted by molar-refractivity contribution is 0.0696. The average Bonchev–Trinajstić information content (AvgIpc) is 2.78. The van der Waals surface area contributed by atoms with Gasteiger partial charge in [0.15, 0.2) is 0 Å². The van der Waals surface area contributed by atoms with Crippen molar-refractivity contribution in [3.63, 3.8) is 0 Å². The molecular weight excluding hydrogens is 248 g/mol. The van der Waals surface area contributed by atoms with Gasteiger partial charge in [0, 0.05) is 11.3 Å². The number of benzene rings is 1. The monoisotopic (exact) mass is 260 g/mol. The van der Waals surface area contributed by atoms with Crippen LogP contribution in [0.2, 0.25) is 0 Å². The normalized spacial score (nSPS) is 10.2. The van der Waals surface area contributed by atoms with E-state index in [4.69, 9.17) is 9.63 Å². The molecule has 2 rings (SSSR count). The Morgan fingerprint density at radius 2 is 2.00 bits per heavy atom. The predicted octanol–water partition coefficient (Wildman–Crippen LogP) is 2.24. The third kappa shape index (κ3) is 2.62. The number of nitrogens with zero attached hydrogens (tertiary/aromatic N) is 1. The fourth-order valence-corrected chi connectivity index (χ4v) is 1.58. The minimum atomic E-state index is -1.05. The van der Waals surface area contributed by atoms with E-state index in [0.717, 1.165) is 5.56 Å². The van der Waals surface area contributed by atoms with Crippen molar-refractivity contribution in [2.45, 2.75) is 13.8 Å². The maximum Gasteiger partial charge on any atom is 0.335 e. The summed E-state index contributed by atoms with van der Waals surface area (Å²) >= 11 is 0. The third-order valence-corrected chi connectivity index (χ3v) is 2.69. The van der Waals surface area contributed by atoms with Gasteiger partial charge < -0.3 is 14.9 Å². The summed E-state index contributed by atoms with van der Waals surface area (Å²) in [6.07, 6.45) is 1.44. The van der Waals surface area contributed by atoms with Crippen LogP contribution in [-0.2, 0) is 0 Å². The van der Waals surface area contributed by atoms with Crippen molar-refractivity contribution in [3.05, 3.63) is 46.8 Å². The van der Waals surface area contributed by atoms with E-state index in [1.165, 1.54) is 18.3 Å². The lowest BCUT2D eigenvalue weighted by Crippen LogP contribution is -2.13. The van der Waals surface area contributed by atoms with Gasteiger partial charge in [-0.15, -0.1) is 0 Å². The van der Waals surface area contributed by atoms with Gasteiger partial charge in [-0.05, 0) is 31.5 Å². The van der Waals surface area contributed by atoms with Crippen LogP contribution in [0, 0.1) is 13.8 Å². The summed E-state index contributed by atoms with van der Waals surface area (Å²) in [5.41, 5.74) is 1.91. The number of aryl methyl sites for hydroxylation is 2. The topological polar surface area (TPSA) is 92.4 Å². The molecule has 0 unspecified atom stereocenters. The number of carbonyl (C=O) groups is 2. The van der Waals surface area contributed by atoms with Gasteiger partial charge in [-0.1, -0.05) is 11.2 Å². The first-order chi connectivity index (χ1) is 8.99. The van der Waals surface area contributed by atoms with Gasteiger partial charge in [0.2, 0.25) is 5.76 Å². The molecule has 1 amide bonds. The van der Waals surface area contributed by atoms with Crippen molar-refractivity contribution in [1.82, 2.24) is 5.16 Å². The number of carbonyl (C=O) groups excluding carboxylic acids is 1. The van der Waals surface area contributed by atoms with Crippen LogP contribution in [0.5, 0.6) is 0 Å². The molecule has 1 aromatic heterocycles. The van der Waals surface area contributed by atoms with Crippen LogP contribution in [0.1, 0.15) is 32.0 Å². The van der Waals surface area contributed by atoms with Gasteiger partial charge in [0.25, 0.3) is 5.91 Å². The Kier molecular flexibility index (Phi) is 3.33. The number of hydrogen-bond acceptors (Lipinski definition) is 4. The molecule has 2 N–H and O–H groups in total. The number of anilines is 1. The maximum atomic E-state index is 11.9. The minimum absolute atomic E-state index is 0.107. The summed E-state index contributed by atoms with van der Waals surface area (Å²) in [5, 5.41) is 15.1. The van der Waals surface area contributed by atoms with Gasteiger partial charge in [0.05, 0.1) is 11.8 Å². The van der Waals surface area contributed by atoms with Crippen molar-refractivity contribution in [3.8, 4) is 0 Å². The van der Waals surface area contributed by atoms with Gasteiger partial charge in [0.1, 0.15) is 0 Å². The molecule has 0 saturated heterocycles. The molecule has 0 radical (unpaired) electrons. The number of aromatic nitrogens is 1. The summed E-state index contributed by atoms with van der Waals surface area (Å²) < 4.78 is 4.84. The molecule has 0 aliphatic heterocycles. The van der Waals surface area contributed by atoms with Crippen molar-refractivity contribution in [2.75, 3.05) is 5.32 Å². The predicted molar refractivity (Wildman–Crippen MR) is 67.3 cm³/mol. The van der Waals surface area contributed by atoms with Crippen LogP contribution in [0.4, 0.5) is 5.69 Å². The third-order valence-electron chi connectivity index (χ3n) is 2.69. The fraction of sp³-hybridized carbons (Fsp3) is 0.154. The number of rotatable bonds is 3. The zero-order chi connectivity index (χ0) is 14.0. The van der Waals surface area contributed by atoms with Crippen molar-refractivity contribution in [2.24, 2.45) is 0 Å². The largest absolute Gasteiger partial charge is 0.478 e. The zero-order valence-corrected chi connectivity index (χ0v) is 10.4. The number of hydrogen-bond donors (Lipinski definition) is 2. The van der Waals surface area contributed by atoms with E-state index >= 15 is 0 Å². The number of amides is 1. The van der Waals surface area contributed by atoms with Crippen LogP contribution >= 0.6 is 0 Å². The molecule has 1 heterocycles. The van der Waals surface area contributed by atoms with Crippen molar-refractivity contribution in [1.29, 1.82) is 0 Å². The number of carboxylic acid groups (broad SMARTS) is 1. The number of nitrogens with one attached hydrogen (secondary N) is 1. The van der Waals surface area contributed by atoms with E-state index < -0.39 is 11.9 Å². The van der Waals surface area contributed by atoms with Crippen LogP contribution in [0.25, 0.3) is 0 Å². The van der Waals surface area contributed by atoms with Gasteiger partial charge in [-0.25, -0.2) is 4.79 Å². The van der Waals surface area contributed by atoms with E-state index in [2.05, 4.69) is 10.5 Å². The second-order valence-electron chi connectivity index (χ2n) is 4.13. The van der Waals surface area contributed by atoms with Crippen LogP contribution in [-0.4, -0.2) is 22.1 Å². The molecule has 6 nitrogen and oxygen atoms in total. The minimum Gasteiger partial charge on any atom is -0.478 e. The molecule has 0 aliphatic rings. The molecule has 0 atom stereocenters. The van der Waals surface area contributed by atoms with Gasteiger partial charge in [-0.2, -0.15) is 0 Å². The Morgan fingerprint density at radius 1 is 1.26 bits per heavy atom. The highest BCUT2D eigenvalue weighted by molar-refractivity contribution is 6.04. The van der Waals surface area contributed by atoms with Crippen LogP contribution < -0.4 is 5.32 Å². The molecule has 1 aromatic carbocycles. The molecule has 2 aromatic rings. The molecule has 6 heteroatoms. The fourth-order valence-electron chi connectivity index (χ4n) is 1.58. The molecular formula is C13H12N2O4. The number of aromatic carboxylic acids is 1. The quantitative estimate of drug-likeness (QED) is 0.882. The molecule has 98 valence electrons. The molecule has 0 spiro atoms. The first kappa shape index (κ1) is 12.8. The van der Waals surface area contributed by atoms with E-state index in [0.29, 0.717) is 11.3 Å². The maximum absolute atomic E-state index is 11.9. The standard InChI is InChI=1S/C13H12N2O4/c1-7-3-4-9(13(17)18)5-10(7)15-12(16)11-8(2)6-14-19-11/h3-6H,1-2H3,(H,15,16)(H,17,18). The van der Waals surface area contributed by atoms with Crippen LogP contribution in [0.3, 0.4) is 0 Å². The first-order valence-corrected chi connectivity index (χ1v) is 5.55. The molecule has 0 saturated carbocycles. The smallest absolute Gasteiger partial charge is 0.335 e. The number of carboxylic acids is 1. The average molecular weight is 260 g/mol. The second kappa shape index (κ2) is 4.93. The SMILES string of the molecule is Cc1ccc(C(=O)O)cc1NC(=O)c1oncc1C. The summed E-state index contributed by atoms with van der Waals surface area (Å²) in [7, 11) is 0. The Bertz CT molecular complexity index is 646. The Labute approximate surface area is 109 Å². The highest BCUT2D eigenvalue weighted by Gasteiger charge is 2.16. The summed E-state index contributed by atoms with van der Waals surface area (Å²) in [6.45, 7) is 3.47. The zero-order valence-electron chi connectivity index (χ0n) is 10.4. The Morgan fingerprint density at radius 3 is 2.58 bits per heavy atom. The highest BCUT2D eigenvalue weighted by Crippen LogP contribution is 2.18. The summed E-state index contributed by atoms with van der Waals surface area (Å²) in [4.78, 5) is 22.8. The molecule has 0 aliphatic carbocycles. The van der Waals surface area contributed by atoms with Gasteiger partial charge in [-0.3, -0.25) is 4.79 Å².